The van der Waals surface area contributed by atoms with E-state index in [4.69, 9.17) is 18.0 Å². The molecule has 2 nitrogen and oxygen atoms in total. The average Bonchev–Trinajstić information content (AvgIpc) is 2.88. The Hall–Kier alpha value is -1.09. The zero-order valence-electron chi connectivity index (χ0n) is 10.8. The lowest BCUT2D eigenvalue weighted by Gasteiger charge is -2.10. The van der Waals surface area contributed by atoms with Crippen molar-refractivity contribution in [2.75, 3.05) is 11.9 Å². The Morgan fingerprint density at radius 2 is 1.89 bits per heavy atom. The molecular weight excluding hydrogens is 240 g/mol. The molecule has 3 heteroatoms. The minimum absolute atomic E-state index is 0.461. The van der Waals surface area contributed by atoms with Gasteiger partial charge in [-0.2, -0.15) is 0 Å². The Bertz CT molecular complexity index is 380. The fourth-order valence-electron chi connectivity index (χ4n) is 2.67. The molecule has 0 atom stereocenters. The lowest BCUT2D eigenvalue weighted by atomic mass is 10.0. The van der Waals surface area contributed by atoms with Crippen molar-refractivity contribution in [3.63, 3.8) is 0 Å². The quantitative estimate of drug-likeness (QED) is 0.606. The van der Waals surface area contributed by atoms with Crippen LogP contribution in [0.1, 0.15) is 44.1 Å². The van der Waals surface area contributed by atoms with E-state index >= 15 is 0 Å². The van der Waals surface area contributed by atoms with Crippen LogP contribution in [0, 0.1) is 5.92 Å². The fraction of sp³-hybridized carbons (Fsp3) is 0.533. The first-order valence-corrected chi connectivity index (χ1v) is 7.30. The molecule has 1 aliphatic carbocycles. The van der Waals surface area contributed by atoms with Crippen LogP contribution in [0.4, 0.5) is 5.69 Å². The molecule has 0 spiro atoms. The molecule has 0 aromatic heterocycles. The zero-order valence-corrected chi connectivity index (χ0v) is 11.6. The second-order valence-corrected chi connectivity index (χ2v) is 5.60. The third-order valence-electron chi connectivity index (χ3n) is 3.76. The summed E-state index contributed by atoms with van der Waals surface area (Å²) in [4.78, 5) is 0.461. The molecule has 1 aromatic rings. The number of hydrogen-bond acceptors (Lipinski definition) is 2. The van der Waals surface area contributed by atoms with Crippen molar-refractivity contribution >= 4 is 22.9 Å². The van der Waals surface area contributed by atoms with Crippen LogP contribution in [0.25, 0.3) is 0 Å². The largest absolute Gasteiger partial charge is 0.389 e. The fourth-order valence-corrected chi connectivity index (χ4v) is 2.81. The number of nitrogens with one attached hydrogen (secondary N) is 1. The van der Waals surface area contributed by atoms with E-state index in [0.29, 0.717) is 4.99 Å². The van der Waals surface area contributed by atoms with Crippen molar-refractivity contribution in [1.82, 2.24) is 0 Å². The van der Waals surface area contributed by atoms with E-state index in [1.54, 1.807) is 0 Å². The molecule has 1 saturated carbocycles. The van der Waals surface area contributed by atoms with Crippen LogP contribution in [-0.4, -0.2) is 11.5 Å². The number of nitrogens with two attached hydrogens (primary N) is 1. The van der Waals surface area contributed by atoms with Crippen molar-refractivity contribution in [3.8, 4) is 0 Å². The summed E-state index contributed by atoms with van der Waals surface area (Å²) in [5, 5.41) is 3.45. The van der Waals surface area contributed by atoms with Crippen molar-refractivity contribution in [2.45, 2.75) is 38.5 Å². The average molecular weight is 262 g/mol. The highest BCUT2D eigenvalue weighted by atomic mass is 32.1. The Kier molecular flexibility index (Phi) is 5.00. The minimum Gasteiger partial charge on any atom is -0.389 e. The summed E-state index contributed by atoms with van der Waals surface area (Å²) < 4.78 is 0. The van der Waals surface area contributed by atoms with Gasteiger partial charge in [-0.25, -0.2) is 0 Å². The maximum atomic E-state index is 5.57. The molecule has 1 aromatic carbocycles. The van der Waals surface area contributed by atoms with E-state index in [2.05, 4.69) is 5.32 Å². The summed E-state index contributed by atoms with van der Waals surface area (Å²) in [6, 6.07) is 8.04. The molecule has 1 fully saturated rings. The van der Waals surface area contributed by atoms with E-state index < -0.39 is 0 Å². The zero-order chi connectivity index (χ0) is 12.8. The molecule has 0 unspecified atom stereocenters. The van der Waals surface area contributed by atoms with E-state index in [1.807, 2.05) is 24.3 Å². The van der Waals surface area contributed by atoms with Gasteiger partial charge in [0.15, 0.2) is 0 Å². The second-order valence-electron chi connectivity index (χ2n) is 5.16. The van der Waals surface area contributed by atoms with Gasteiger partial charge in [0.1, 0.15) is 4.99 Å². The molecule has 1 aliphatic rings. The molecular formula is C15H22N2S. The molecule has 0 bridgehead atoms. The minimum atomic E-state index is 0.461. The predicted molar refractivity (Wildman–Crippen MR) is 82.0 cm³/mol. The van der Waals surface area contributed by atoms with Gasteiger partial charge in [-0.1, -0.05) is 37.9 Å². The Balaban J connectivity index is 1.68. The van der Waals surface area contributed by atoms with E-state index in [0.717, 1.165) is 23.7 Å². The SMILES string of the molecule is NC(=S)c1ccc(NCCCC2CCCC2)cc1. The van der Waals surface area contributed by atoms with Crippen LogP contribution < -0.4 is 11.1 Å². The lowest BCUT2D eigenvalue weighted by Crippen LogP contribution is -2.09. The number of benzene rings is 1. The summed E-state index contributed by atoms with van der Waals surface area (Å²) >= 11 is 4.93. The van der Waals surface area contributed by atoms with E-state index in [1.165, 1.54) is 38.5 Å². The molecule has 2 rings (SSSR count). The Labute approximate surface area is 115 Å². The van der Waals surface area contributed by atoms with Crippen molar-refractivity contribution in [2.24, 2.45) is 11.7 Å². The number of thiocarbonyl (C=S) groups is 1. The van der Waals surface area contributed by atoms with E-state index in [9.17, 15) is 0 Å². The van der Waals surface area contributed by atoms with E-state index in [-0.39, 0.29) is 0 Å². The summed E-state index contributed by atoms with van der Waals surface area (Å²) in [5.74, 6) is 0.990. The second kappa shape index (κ2) is 6.74. The molecule has 3 N–H and O–H groups in total. The van der Waals surface area contributed by atoms with Gasteiger partial charge in [0.05, 0.1) is 0 Å². The smallest absolute Gasteiger partial charge is 0.103 e. The highest BCUT2D eigenvalue weighted by Gasteiger charge is 2.13. The van der Waals surface area contributed by atoms with Gasteiger partial charge in [-0.15, -0.1) is 0 Å². The van der Waals surface area contributed by atoms with Gasteiger partial charge >= 0.3 is 0 Å². The van der Waals surface area contributed by atoms with Gasteiger partial charge in [0.2, 0.25) is 0 Å². The van der Waals surface area contributed by atoms with Crippen LogP contribution in [0.3, 0.4) is 0 Å². The lowest BCUT2D eigenvalue weighted by molar-refractivity contribution is 0.491. The number of hydrogen-bond donors (Lipinski definition) is 2. The van der Waals surface area contributed by atoms with Gasteiger partial charge in [-0.05, 0) is 43.0 Å². The topological polar surface area (TPSA) is 38.0 Å². The predicted octanol–water partition coefficient (Wildman–Crippen LogP) is 3.70. The number of anilines is 1. The molecule has 0 amide bonds. The van der Waals surface area contributed by atoms with Crippen LogP contribution in [0.15, 0.2) is 24.3 Å². The maximum absolute atomic E-state index is 5.57. The van der Waals surface area contributed by atoms with Gasteiger partial charge in [0.25, 0.3) is 0 Å². The maximum Gasteiger partial charge on any atom is 0.103 e. The van der Waals surface area contributed by atoms with Gasteiger partial charge in [-0.3, -0.25) is 0 Å². The summed E-state index contributed by atoms with van der Waals surface area (Å²) in [6.07, 6.45) is 8.42. The van der Waals surface area contributed by atoms with Crippen LogP contribution in [-0.2, 0) is 0 Å². The Morgan fingerprint density at radius 1 is 1.22 bits per heavy atom. The molecule has 0 aliphatic heterocycles. The molecule has 0 heterocycles. The highest BCUT2D eigenvalue weighted by Crippen LogP contribution is 2.28. The molecule has 0 saturated heterocycles. The third-order valence-corrected chi connectivity index (χ3v) is 4.00. The van der Waals surface area contributed by atoms with Crippen molar-refractivity contribution in [1.29, 1.82) is 0 Å². The van der Waals surface area contributed by atoms with Crippen LogP contribution >= 0.6 is 12.2 Å². The van der Waals surface area contributed by atoms with Crippen molar-refractivity contribution < 1.29 is 0 Å². The first-order chi connectivity index (χ1) is 8.75. The summed E-state index contributed by atoms with van der Waals surface area (Å²) in [6.45, 7) is 1.06. The first-order valence-electron chi connectivity index (χ1n) is 6.89. The highest BCUT2D eigenvalue weighted by molar-refractivity contribution is 7.80. The number of rotatable bonds is 6. The normalized spacial score (nSPS) is 15.8. The molecule has 98 valence electrons. The van der Waals surface area contributed by atoms with Gasteiger partial charge < -0.3 is 11.1 Å². The summed E-state index contributed by atoms with van der Waals surface area (Å²) in [7, 11) is 0. The summed E-state index contributed by atoms with van der Waals surface area (Å²) in [5.41, 5.74) is 7.65. The van der Waals surface area contributed by atoms with Gasteiger partial charge in [0, 0.05) is 17.8 Å². The molecule has 0 radical (unpaired) electrons. The third kappa shape index (κ3) is 3.98. The first kappa shape index (κ1) is 13.3. The van der Waals surface area contributed by atoms with Crippen molar-refractivity contribution in [3.05, 3.63) is 29.8 Å². The monoisotopic (exact) mass is 262 g/mol. The van der Waals surface area contributed by atoms with Crippen LogP contribution in [0.2, 0.25) is 0 Å². The standard InChI is InChI=1S/C15H22N2S/c16-15(18)13-7-9-14(10-8-13)17-11-3-6-12-4-1-2-5-12/h7-10,12,17H,1-6,11H2,(H2,16,18). The van der Waals surface area contributed by atoms with Crippen LogP contribution in [0.5, 0.6) is 0 Å². The Morgan fingerprint density at radius 3 is 2.50 bits per heavy atom. The molecule has 18 heavy (non-hydrogen) atoms.